The average Bonchev–Trinajstić information content (AvgIpc) is 2.36. The number of hydrogen-bond acceptors (Lipinski definition) is 5. The predicted octanol–water partition coefficient (Wildman–Crippen LogP) is 2.42. The molecule has 1 aliphatic carbocycles. The molecule has 2 rings (SSSR count). The standard InChI is InChI=1S/C12H12Cl2N2O4S2/c1-12(22(18,19)20)4-7(3-8(13)5-12)10-15-6-9(14)11(16-10)21(2)17/h3,5-6H,4H2,1-2H3,(H,18,19,20). The van der Waals surface area contributed by atoms with E-state index in [1.54, 1.807) is 0 Å². The van der Waals surface area contributed by atoms with Gasteiger partial charge >= 0.3 is 0 Å². The molecule has 1 N–H and O–H groups in total. The van der Waals surface area contributed by atoms with Gasteiger partial charge in [-0.3, -0.25) is 8.76 Å². The lowest BCUT2D eigenvalue weighted by Gasteiger charge is -2.27. The number of aromatic nitrogens is 2. The van der Waals surface area contributed by atoms with Crippen molar-refractivity contribution in [1.29, 1.82) is 0 Å². The first-order valence-electron chi connectivity index (χ1n) is 5.96. The predicted molar refractivity (Wildman–Crippen MR) is 85.9 cm³/mol. The van der Waals surface area contributed by atoms with Gasteiger partial charge in [0.1, 0.15) is 9.77 Å². The number of rotatable bonds is 3. The molecular weight excluding hydrogens is 371 g/mol. The summed E-state index contributed by atoms with van der Waals surface area (Å²) in [5.41, 5.74) is 0.399. The monoisotopic (exact) mass is 382 g/mol. The van der Waals surface area contributed by atoms with E-state index in [1.165, 1.54) is 31.5 Å². The molecular formula is C12H12Cl2N2O4S2. The Morgan fingerprint density at radius 1 is 1.41 bits per heavy atom. The first-order chi connectivity index (χ1) is 10.0. The van der Waals surface area contributed by atoms with E-state index in [1.807, 2.05) is 0 Å². The Labute approximate surface area is 140 Å². The normalized spacial score (nSPS) is 23.7. The van der Waals surface area contributed by atoms with Crippen LogP contribution in [0.2, 0.25) is 5.02 Å². The third-order valence-corrected chi connectivity index (χ3v) is 6.06. The Kier molecular flexibility index (Phi) is 4.79. The molecule has 0 amide bonds. The van der Waals surface area contributed by atoms with E-state index in [0.29, 0.717) is 5.57 Å². The quantitative estimate of drug-likeness (QED) is 0.636. The summed E-state index contributed by atoms with van der Waals surface area (Å²) in [7, 11) is -5.80. The summed E-state index contributed by atoms with van der Waals surface area (Å²) >= 11 is 11.8. The zero-order chi connectivity index (χ0) is 16.7. The molecule has 0 radical (unpaired) electrons. The summed E-state index contributed by atoms with van der Waals surface area (Å²) in [6, 6.07) is 0. The average molecular weight is 383 g/mol. The Morgan fingerprint density at radius 3 is 2.59 bits per heavy atom. The van der Waals surface area contributed by atoms with Crippen molar-refractivity contribution in [2.45, 2.75) is 23.1 Å². The highest BCUT2D eigenvalue weighted by molar-refractivity contribution is 7.87. The van der Waals surface area contributed by atoms with Crippen LogP contribution in [0.25, 0.3) is 5.57 Å². The molecule has 1 heterocycles. The summed E-state index contributed by atoms with van der Waals surface area (Å²) in [5.74, 6) is 0.163. The van der Waals surface area contributed by atoms with Crippen molar-refractivity contribution in [3.8, 4) is 0 Å². The summed E-state index contributed by atoms with van der Waals surface area (Å²) in [6.07, 6.45) is 5.39. The van der Waals surface area contributed by atoms with Gasteiger partial charge in [0.05, 0.1) is 22.0 Å². The van der Waals surface area contributed by atoms with Crippen LogP contribution in [0, 0.1) is 0 Å². The number of halogens is 2. The second-order valence-corrected chi connectivity index (χ2v) is 8.99. The summed E-state index contributed by atoms with van der Waals surface area (Å²) in [4.78, 5) is 8.12. The molecule has 0 spiro atoms. The molecule has 0 aliphatic heterocycles. The fourth-order valence-electron chi connectivity index (χ4n) is 2.00. The van der Waals surface area contributed by atoms with Gasteiger partial charge in [-0.2, -0.15) is 8.42 Å². The minimum absolute atomic E-state index is 0.0700. The van der Waals surface area contributed by atoms with E-state index < -0.39 is 25.7 Å². The highest BCUT2D eigenvalue weighted by atomic mass is 35.5. The molecule has 2 atom stereocenters. The van der Waals surface area contributed by atoms with Crippen LogP contribution < -0.4 is 0 Å². The molecule has 0 saturated carbocycles. The third kappa shape index (κ3) is 3.41. The maximum atomic E-state index is 11.6. The SMILES string of the molecule is CS(=O)c1nc(C2=CC(Cl)=CC(C)(S(=O)(=O)O)C2)ncc1Cl. The summed E-state index contributed by atoms with van der Waals surface area (Å²) in [5, 5.41) is 0.436. The fourth-order valence-corrected chi connectivity index (χ4v) is 4.01. The Morgan fingerprint density at radius 2 is 2.05 bits per heavy atom. The van der Waals surface area contributed by atoms with E-state index in [9.17, 15) is 17.2 Å². The Balaban J connectivity index is 2.53. The van der Waals surface area contributed by atoms with Crippen molar-refractivity contribution in [1.82, 2.24) is 9.97 Å². The minimum Gasteiger partial charge on any atom is -0.285 e. The van der Waals surface area contributed by atoms with Gasteiger partial charge in [-0.25, -0.2) is 9.97 Å². The number of allylic oxidation sites excluding steroid dienone is 3. The lowest BCUT2D eigenvalue weighted by Crippen LogP contribution is -2.34. The van der Waals surface area contributed by atoms with Crippen LogP contribution in [0.5, 0.6) is 0 Å². The second-order valence-electron chi connectivity index (χ2n) is 4.96. The van der Waals surface area contributed by atoms with Gasteiger partial charge in [-0.15, -0.1) is 0 Å². The number of hydrogen-bond donors (Lipinski definition) is 1. The molecule has 0 saturated heterocycles. The van der Waals surface area contributed by atoms with Crippen molar-refractivity contribution in [2.75, 3.05) is 6.26 Å². The topological polar surface area (TPSA) is 97.2 Å². The highest BCUT2D eigenvalue weighted by Gasteiger charge is 2.39. The number of nitrogens with zero attached hydrogens (tertiary/aromatic N) is 2. The van der Waals surface area contributed by atoms with Crippen molar-refractivity contribution < 1.29 is 17.2 Å². The molecule has 22 heavy (non-hydrogen) atoms. The van der Waals surface area contributed by atoms with Crippen LogP contribution in [0.3, 0.4) is 0 Å². The maximum Gasteiger partial charge on any atom is 0.274 e. The van der Waals surface area contributed by atoms with E-state index >= 15 is 0 Å². The van der Waals surface area contributed by atoms with Gasteiger partial charge in [0, 0.05) is 23.3 Å². The third-order valence-electron chi connectivity index (χ3n) is 3.16. The zero-order valence-electron chi connectivity index (χ0n) is 11.6. The van der Waals surface area contributed by atoms with Crippen molar-refractivity contribution >= 4 is 49.7 Å². The maximum absolute atomic E-state index is 11.6. The molecule has 120 valence electrons. The van der Waals surface area contributed by atoms with Crippen LogP contribution >= 0.6 is 23.2 Å². The van der Waals surface area contributed by atoms with Gasteiger partial charge in [0.2, 0.25) is 0 Å². The molecule has 6 nitrogen and oxygen atoms in total. The minimum atomic E-state index is -4.38. The highest BCUT2D eigenvalue weighted by Crippen LogP contribution is 2.37. The summed E-state index contributed by atoms with van der Waals surface area (Å²) in [6.45, 7) is 1.34. The molecule has 1 aromatic heterocycles. The lowest BCUT2D eigenvalue weighted by atomic mass is 9.94. The molecule has 1 aromatic rings. The van der Waals surface area contributed by atoms with Gasteiger partial charge < -0.3 is 0 Å². The van der Waals surface area contributed by atoms with Gasteiger partial charge in [0.25, 0.3) is 10.1 Å². The molecule has 2 unspecified atom stereocenters. The van der Waals surface area contributed by atoms with E-state index in [2.05, 4.69) is 9.97 Å². The van der Waals surface area contributed by atoms with Crippen molar-refractivity contribution in [2.24, 2.45) is 0 Å². The van der Waals surface area contributed by atoms with Crippen molar-refractivity contribution in [3.05, 3.63) is 34.2 Å². The molecule has 0 aromatic carbocycles. The first-order valence-corrected chi connectivity index (χ1v) is 9.71. The van der Waals surface area contributed by atoms with Gasteiger partial charge in [-0.05, 0) is 19.1 Å². The fraction of sp³-hybridized carbons (Fsp3) is 0.333. The van der Waals surface area contributed by atoms with E-state index in [-0.39, 0.29) is 27.3 Å². The lowest BCUT2D eigenvalue weighted by molar-refractivity contribution is 0.453. The molecule has 1 aliphatic rings. The largest absolute Gasteiger partial charge is 0.285 e. The zero-order valence-corrected chi connectivity index (χ0v) is 14.7. The van der Waals surface area contributed by atoms with Crippen LogP contribution in [0.15, 0.2) is 28.4 Å². The summed E-state index contributed by atoms with van der Waals surface area (Å²) < 4.78 is 42.6. The van der Waals surface area contributed by atoms with Crippen LogP contribution in [0.4, 0.5) is 0 Å². The molecule has 10 heteroatoms. The molecule has 0 fully saturated rings. The van der Waals surface area contributed by atoms with Gasteiger partial charge in [0.15, 0.2) is 5.82 Å². The Bertz CT molecular complexity index is 820. The van der Waals surface area contributed by atoms with E-state index in [4.69, 9.17) is 23.2 Å². The van der Waals surface area contributed by atoms with Crippen LogP contribution in [-0.4, -0.2) is 38.2 Å². The van der Waals surface area contributed by atoms with Gasteiger partial charge in [-0.1, -0.05) is 23.2 Å². The Hall–Kier alpha value is -0.800. The van der Waals surface area contributed by atoms with Crippen LogP contribution in [0.1, 0.15) is 19.2 Å². The van der Waals surface area contributed by atoms with Crippen LogP contribution in [-0.2, 0) is 20.9 Å². The van der Waals surface area contributed by atoms with Crippen molar-refractivity contribution in [3.63, 3.8) is 0 Å². The first kappa shape index (κ1) is 17.6. The molecule has 0 bridgehead atoms. The smallest absolute Gasteiger partial charge is 0.274 e. The second kappa shape index (κ2) is 6.01. The van der Waals surface area contributed by atoms with E-state index in [0.717, 1.165) is 0 Å².